The van der Waals surface area contributed by atoms with Crippen molar-refractivity contribution in [2.75, 3.05) is 0 Å². The van der Waals surface area contributed by atoms with Crippen molar-refractivity contribution in [2.24, 2.45) is 7.05 Å². The fourth-order valence-electron chi connectivity index (χ4n) is 3.18. The summed E-state index contributed by atoms with van der Waals surface area (Å²) in [6.07, 6.45) is -4.34. The highest BCUT2D eigenvalue weighted by atomic mass is 19.4. The summed E-state index contributed by atoms with van der Waals surface area (Å²) in [4.78, 5) is 3.22. The van der Waals surface area contributed by atoms with Gasteiger partial charge in [0.2, 0.25) is 11.0 Å². The Morgan fingerprint density at radius 1 is 0.957 bits per heavy atom. The SMILES string of the molecule is Cc1ccc2cc3[nH]c4ccc(C(F)(F)F)cc4c3[n+](C)c2c1. The van der Waals surface area contributed by atoms with Crippen LogP contribution in [0.25, 0.3) is 32.8 Å². The number of hydrogen-bond donors (Lipinski definition) is 1. The molecule has 0 saturated heterocycles. The molecule has 4 rings (SSSR count). The summed E-state index contributed by atoms with van der Waals surface area (Å²) in [5, 5.41) is 1.63. The number of H-pyrrole nitrogens is 1. The third kappa shape index (κ3) is 2.07. The largest absolute Gasteiger partial charge is 0.416 e. The van der Waals surface area contributed by atoms with E-state index in [9.17, 15) is 13.2 Å². The van der Waals surface area contributed by atoms with Crippen molar-refractivity contribution in [2.45, 2.75) is 13.1 Å². The molecule has 23 heavy (non-hydrogen) atoms. The predicted molar refractivity (Wildman–Crippen MR) is 84.2 cm³/mol. The number of alkyl halides is 3. The molecule has 2 nitrogen and oxygen atoms in total. The number of aromatic amines is 1. The van der Waals surface area contributed by atoms with Gasteiger partial charge in [-0.15, -0.1) is 0 Å². The Bertz CT molecular complexity index is 1070. The number of halogens is 3. The van der Waals surface area contributed by atoms with Crippen molar-refractivity contribution in [3.63, 3.8) is 0 Å². The normalized spacial score (nSPS) is 12.6. The number of fused-ring (bicyclic) bond motifs is 4. The third-order valence-corrected chi connectivity index (χ3v) is 4.31. The molecule has 0 aliphatic rings. The molecule has 0 atom stereocenters. The molecule has 116 valence electrons. The maximum atomic E-state index is 13.0. The van der Waals surface area contributed by atoms with E-state index >= 15 is 0 Å². The van der Waals surface area contributed by atoms with Crippen LogP contribution < -0.4 is 4.57 Å². The van der Waals surface area contributed by atoms with Crippen LogP contribution in [0.1, 0.15) is 11.1 Å². The summed E-state index contributed by atoms with van der Waals surface area (Å²) in [7, 11) is 1.89. The fraction of sp³-hybridized carbons (Fsp3) is 0.167. The van der Waals surface area contributed by atoms with E-state index in [1.807, 2.05) is 42.8 Å². The van der Waals surface area contributed by atoms with Gasteiger partial charge in [0.25, 0.3) is 0 Å². The molecule has 0 aliphatic carbocycles. The van der Waals surface area contributed by atoms with Gasteiger partial charge in [-0.2, -0.15) is 17.7 Å². The average molecular weight is 315 g/mol. The number of nitrogens with zero attached hydrogens (tertiary/aromatic N) is 1. The van der Waals surface area contributed by atoms with Crippen LogP contribution in [-0.4, -0.2) is 4.98 Å². The van der Waals surface area contributed by atoms with Crippen LogP contribution in [0.5, 0.6) is 0 Å². The lowest BCUT2D eigenvalue weighted by Gasteiger charge is -2.05. The highest BCUT2D eigenvalue weighted by Gasteiger charge is 2.31. The molecular weight excluding hydrogens is 301 g/mol. The molecular formula is C18H14F3N2+. The number of aryl methyl sites for hydroxylation is 2. The quantitative estimate of drug-likeness (QED) is 0.457. The molecule has 2 aromatic heterocycles. The first-order chi connectivity index (χ1) is 10.8. The lowest BCUT2D eigenvalue weighted by Crippen LogP contribution is -2.29. The van der Waals surface area contributed by atoms with Gasteiger partial charge in [-0.05, 0) is 42.8 Å². The van der Waals surface area contributed by atoms with E-state index in [0.717, 1.165) is 33.6 Å². The minimum Gasteiger partial charge on any atom is -0.349 e. The van der Waals surface area contributed by atoms with Gasteiger partial charge >= 0.3 is 6.18 Å². The highest BCUT2D eigenvalue weighted by molar-refractivity contribution is 6.05. The summed E-state index contributed by atoms with van der Waals surface area (Å²) >= 11 is 0. The van der Waals surface area contributed by atoms with Crippen molar-refractivity contribution >= 4 is 32.8 Å². The van der Waals surface area contributed by atoms with Gasteiger partial charge in [-0.3, -0.25) is 0 Å². The van der Waals surface area contributed by atoms with Crippen molar-refractivity contribution in [1.82, 2.24) is 4.98 Å². The van der Waals surface area contributed by atoms with Gasteiger partial charge in [0, 0.05) is 11.5 Å². The number of aromatic nitrogens is 2. The molecule has 0 aliphatic heterocycles. The smallest absolute Gasteiger partial charge is 0.349 e. The highest BCUT2D eigenvalue weighted by Crippen LogP contribution is 2.33. The minimum absolute atomic E-state index is 0.584. The molecule has 0 saturated carbocycles. The molecule has 5 heteroatoms. The van der Waals surface area contributed by atoms with Crippen LogP contribution in [0.3, 0.4) is 0 Å². The van der Waals surface area contributed by atoms with Gasteiger partial charge in [-0.25, -0.2) is 0 Å². The Kier molecular flexibility index (Phi) is 2.73. The standard InChI is InChI=1S/C18H13F3N2/c1-10-3-4-11-8-15-17(23(2)16(11)7-10)13-9-12(18(19,20)21)5-6-14(13)22-15/h3-9H,1-2H3/p+1. The Morgan fingerprint density at radius 2 is 1.74 bits per heavy atom. The van der Waals surface area contributed by atoms with E-state index in [2.05, 4.69) is 4.98 Å². The van der Waals surface area contributed by atoms with Crippen LogP contribution in [0.4, 0.5) is 13.2 Å². The van der Waals surface area contributed by atoms with E-state index in [1.54, 1.807) is 0 Å². The van der Waals surface area contributed by atoms with Gasteiger partial charge in [0.15, 0.2) is 0 Å². The summed E-state index contributed by atoms with van der Waals surface area (Å²) < 4.78 is 41.0. The monoisotopic (exact) mass is 315 g/mol. The third-order valence-electron chi connectivity index (χ3n) is 4.31. The zero-order chi connectivity index (χ0) is 16.4. The van der Waals surface area contributed by atoms with Crippen LogP contribution >= 0.6 is 0 Å². The number of benzene rings is 2. The van der Waals surface area contributed by atoms with Crippen LogP contribution in [0.15, 0.2) is 42.5 Å². The summed E-state index contributed by atoms with van der Waals surface area (Å²) in [6, 6.07) is 11.9. The molecule has 0 fully saturated rings. The van der Waals surface area contributed by atoms with Gasteiger partial charge in [0.1, 0.15) is 12.6 Å². The lowest BCUT2D eigenvalue weighted by atomic mass is 10.1. The second kappa shape index (κ2) is 4.47. The van der Waals surface area contributed by atoms with E-state index in [-0.39, 0.29) is 0 Å². The van der Waals surface area contributed by atoms with Crippen molar-refractivity contribution in [3.05, 3.63) is 53.6 Å². The molecule has 1 N–H and O–H groups in total. The first-order valence-electron chi connectivity index (χ1n) is 7.26. The van der Waals surface area contributed by atoms with Crippen molar-refractivity contribution in [1.29, 1.82) is 0 Å². The minimum atomic E-state index is -4.34. The first kappa shape index (κ1) is 14.1. The molecule has 2 aromatic carbocycles. The van der Waals surface area contributed by atoms with Crippen LogP contribution in [0, 0.1) is 6.92 Å². The molecule has 0 unspecified atom stereocenters. The molecule has 2 heterocycles. The maximum absolute atomic E-state index is 13.0. The molecule has 0 spiro atoms. The summed E-state index contributed by atoms with van der Waals surface area (Å²) in [5.74, 6) is 0. The Morgan fingerprint density at radius 3 is 2.48 bits per heavy atom. The number of hydrogen-bond acceptors (Lipinski definition) is 0. The Labute approximate surface area is 130 Å². The van der Waals surface area contributed by atoms with E-state index < -0.39 is 11.7 Å². The zero-order valence-electron chi connectivity index (χ0n) is 12.6. The van der Waals surface area contributed by atoms with Crippen molar-refractivity contribution < 1.29 is 17.7 Å². The van der Waals surface area contributed by atoms with Crippen molar-refractivity contribution in [3.8, 4) is 0 Å². The number of rotatable bonds is 0. The summed E-state index contributed by atoms with van der Waals surface area (Å²) in [5.41, 5.74) is 3.80. The van der Waals surface area contributed by atoms with Gasteiger partial charge in [0.05, 0.1) is 16.5 Å². The summed E-state index contributed by atoms with van der Waals surface area (Å²) in [6.45, 7) is 2.00. The van der Waals surface area contributed by atoms with Crippen LogP contribution in [-0.2, 0) is 13.2 Å². The van der Waals surface area contributed by atoms with E-state index in [1.165, 1.54) is 12.1 Å². The number of pyridine rings is 1. The van der Waals surface area contributed by atoms with E-state index in [4.69, 9.17) is 0 Å². The molecule has 0 bridgehead atoms. The topological polar surface area (TPSA) is 19.7 Å². The van der Waals surface area contributed by atoms with Gasteiger partial charge < -0.3 is 4.98 Å². The average Bonchev–Trinajstić information content (AvgIpc) is 2.85. The number of nitrogens with one attached hydrogen (secondary N) is 1. The molecule has 4 aromatic rings. The fourth-order valence-corrected chi connectivity index (χ4v) is 3.18. The zero-order valence-corrected chi connectivity index (χ0v) is 12.6. The Balaban J connectivity index is 2.16. The first-order valence-corrected chi connectivity index (χ1v) is 7.26. The van der Waals surface area contributed by atoms with E-state index in [0.29, 0.717) is 10.9 Å². The van der Waals surface area contributed by atoms with Gasteiger partial charge in [-0.1, -0.05) is 6.07 Å². The molecule has 0 amide bonds. The molecule has 0 radical (unpaired) electrons. The predicted octanol–water partition coefficient (Wildman–Crippen LogP) is 4.63. The lowest BCUT2D eigenvalue weighted by molar-refractivity contribution is -0.616. The maximum Gasteiger partial charge on any atom is 0.416 e. The second-order valence-corrected chi connectivity index (χ2v) is 5.91. The van der Waals surface area contributed by atoms with Crippen LogP contribution in [0.2, 0.25) is 0 Å². The second-order valence-electron chi connectivity index (χ2n) is 5.91. The Hall–Kier alpha value is -2.56.